The molecule has 0 radical (unpaired) electrons. The topological polar surface area (TPSA) is 56.3 Å². The summed E-state index contributed by atoms with van der Waals surface area (Å²) in [7, 11) is 0. The van der Waals surface area contributed by atoms with Crippen LogP contribution in [-0.2, 0) is 6.54 Å². The minimum absolute atomic E-state index is 0.156. The van der Waals surface area contributed by atoms with Crippen LogP contribution in [0.15, 0.2) is 23.0 Å². The van der Waals surface area contributed by atoms with Gasteiger partial charge < -0.3 is 4.42 Å². The summed E-state index contributed by atoms with van der Waals surface area (Å²) < 4.78 is 4.61. The molecule has 0 unspecified atom stereocenters. The molecular weight excluding hydrogens is 122 g/mol. The molecule has 4 nitrogen and oxygen atoms in total. The van der Waals surface area contributed by atoms with Crippen molar-refractivity contribution in [2.45, 2.75) is 6.54 Å². The molecule has 0 saturated heterocycles. The first-order chi connectivity index (χ1) is 4.29. The van der Waals surface area contributed by atoms with Crippen LogP contribution < -0.4 is 0 Å². The van der Waals surface area contributed by atoms with Crippen LogP contribution in [0.1, 0.15) is 5.56 Å². The Labute approximate surface area is 51.2 Å². The molecule has 0 bridgehead atoms. The molecule has 0 aliphatic carbocycles. The molecule has 1 rings (SSSR count). The van der Waals surface area contributed by atoms with Crippen molar-refractivity contribution in [3.8, 4) is 0 Å². The van der Waals surface area contributed by atoms with E-state index >= 15 is 0 Å². The minimum atomic E-state index is -0.398. The van der Waals surface area contributed by atoms with Gasteiger partial charge in [-0.15, -0.1) is 0 Å². The first-order valence-electron chi connectivity index (χ1n) is 2.42. The number of furan rings is 1. The zero-order valence-corrected chi connectivity index (χ0v) is 4.61. The number of hydrogen-bond acceptors (Lipinski definition) is 3. The standard InChI is InChI=1S/C5H5NO3/c7-6(8)3-5-1-2-9-4-5/h1-2,4H,3H2. The van der Waals surface area contributed by atoms with Gasteiger partial charge in [-0.2, -0.15) is 0 Å². The lowest BCUT2D eigenvalue weighted by molar-refractivity contribution is -0.496. The van der Waals surface area contributed by atoms with Crippen LogP contribution in [0.2, 0.25) is 0 Å². The monoisotopic (exact) mass is 127 g/mol. The fourth-order valence-corrected chi connectivity index (χ4v) is 0.532. The molecule has 0 aromatic carbocycles. The van der Waals surface area contributed by atoms with Gasteiger partial charge in [-0.1, -0.05) is 0 Å². The van der Waals surface area contributed by atoms with Gasteiger partial charge in [0.05, 0.1) is 18.1 Å². The van der Waals surface area contributed by atoms with E-state index in [9.17, 15) is 10.1 Å². The van der Waals surface area contributed by atoms with Gasteiger partial charge in [-0.05, 0) is 6.07 Å². The Morgan fingerprint density at radius 2 is 2.56 bits per heavy atom. The quantitative estimate of drug-likeness (QED) is 0.440. The van der Waals surface area contributed by atoms with Gasteiger partial charge in [0.15, 0.2) is 0 Å². The maximum Gasteiger partial charge on any atom is 0.232 e. The van der Waals surface area contributed by atoms with Gasteiger partial charge in [0.2, 0.25) is 6.54 Å². The zero-order valence-electron chi connectivity index (χ0n) is 4.61. The third-order valence-corrected chi connectivity index (χ3v) is 0.892. The molecule has 0 amide bonds. The molecule has 0 N–H and O–H groups in total. The molecule has 1 heterocycles. The van der Waals surface area contributed by atoms with Gasteiger partial charge in [0.25, 0.3) is 0 Å². The average molecular weight is 127 g/mol. The van der Waals surface area contributed by atoms with Crippen LogP contribution in [0, 0.1) is 10.1 Å². The molecule has 9 heavy (non-hydrogen) atoms. The molecule has 4 heteroatoms. The molecule has 0 atom stereocenters. The highest BCUT2D eigenvalue weighted by Crippen LogP contribution is 1.99. The largest absolute Gasteiger partial charge is 0.472 e. The van der Waals surface area contributed by atoms with Crippen molar-refractivity contribution in [1.29, 1.82) is 0 Å². The zero-order chi connectivity index (χ0) is 6.69. The summed E-state index contributed by atoms with van der Waals surface area (Å²) >= 11 is 0. The third kappa shape index (κ3) is 1.56. The Bertz CT molecular complexity index is 192. The molecule has 0 aliphatic rings. The maximum absolute atomic E-state index is 9.83. The average Bonchev–Trinajstić information content (AvgIpc) is 2.15. The van der Waals surface area contributed by atoms with E-state index in [-0.39, 0.29) is 6.54 Å². The molecule has 0 fully saturated rings. The second kappa shape index (κ2) is 2.30. The number of nitrogens with zero attached hydrogens (tertiary/aromatic N) is 1. The summed E-state index contributed by atoms with van der Waals surface area (Å²) in [6.45, 7) is -0.156. The Morgan fingerprint density at radius 3 is 3.00 bits per heavy atom. The van der Waals surface area contributed by atoms with Crippen molar-refractivity contribution >= 4 is 0 Å². The van der Waals surface area contributed by atoms with Crippen molar-refractivity contribution in [3.05, 3.63) is 34.3 Å². The SMILES string of the molecule is O=[N+]([O-])Cc1ccoc1. The van der Waals surface area contributed by atoms with Gasteiger partial charge in [-0.3, -0.25) is 10.1 Å². The highest BCUT2D eigenvalue weighted by molar-refractivity contribution is 5.02. The Kier molecular flexibility index (Phi) is 1.48. The second-order valence-corrected chi connectivity index (χ2v) is 1.62. The lowest BCUT2D eigenvalue weighted by Gasteiger charge is -1.83. The van der Waals surface area contributed by atoms with E-state index in [1.54, 1.807) is 6.07 Å². The summed E-state index contributed by atoms with van der Waals surface area (Å²) in [6.07, 6.45) is 2.78. The van der Waals surface area contributed by atoms with Crippen LogP contribution in [0.3, 0.4) is 0 Å². The van der Waals surface area contributed by atoms with Crippen LogP contribution in [0.5, 0.6) is 0 Å². The smallest absolute Gasteiger partial charge is 0.232 e. The number of hydrogen-bond donors (Lipinski definition) is 0. The maximum atomic E-state index is 9.83. The third-order valence-electron chi connectivity index (χ3n) is 0.892. The fraction of sp³-hybridized carbons (Fsp3) is 0.200. The van der Waals surface area contributed by atoms with E-state index in [0.717, 1.165) is 0 Å². The predicted molar refractivity (Wildman–Crippen MR) is 29.4 cm³/mol. The van der Waals surface area contributed by atoms with E-state index in [1.807, 2.05) is 0 Å². The normalized spacial score (nSPS) is 9.33. The summed E-state index contributed by atoms with van der Waals surface area (Å²) in [5, 5.41) is 9.83. The van der Waals surface area contributed by atoms with Gasteiger partial charge >= 0.3 is 0 Å². The molecule has 1 aromatic rings. The van der Waals surface area contributed by atoms with Gasteiger partial charge in [0, 0.05) is 4.92 Å². The van der Waals surface area contributed by atoms with Crippen molar-refractivity contribution in [2.75, 3.05) is 0 Å². The van der Waals surface area contributed by atoms with E-state index in [4.69, 9.17) is 0 Å². The van der Waals surface area contributed by atoms with Crippen LogP contribution in [0.4, 0.5) is 0 Å². The molecule has 48 valence electrons. The highest BCUT2D eigenvalue weighted by Gasteiger charge is 1.99. The van der Waals surface area contributed by atoms with Crippen LogP contribution in [0.25, 0.3) is 0 Å². The van der Waals surface area contributed by atoms with E-state index in [2.05, 4.69) is 4.42 Å². The van der Waals surface area contributed by atoms with Gasteiger partial charge in [-0.25, -0.2) is 0 Å². The van der Waals surface area contributed by atoms with Crippen LogP contribution >= 0.6 is 0 Å². The van der Waals surface area contributed by atoms with Crippen molar-refractivity contribution < 1.29 is 9.34 Å². The van der Waals surface area contributed by atoms with Crippen molar-refractivity contribution in [1.82, 2.24) is 0 Å². The summed E-state index contributed by atoms with van der Waals surface area (Å²) in [4.78, 5) is 9.43. The first kappa shape index (κ1) is 5.81. The Balaban J connectivity index is 2.58. The summed E-state index contributed by atoms with van der Waals surface area (Å²) in [5.41, 5.74) is 0.597. The molecular formula is C5H5NO3. The molecule has 1 aromatic heterocycles. The van der Waals surface area contributed by atoms with E-state index in [0.29, 0.717) is 5.56 Å². The molecule has 0 aliphatic heterocycles. The van der Waals surface area contributed by atoms with Gasteiger partial charge in [0.1, 0.15) is 0 Å². The number of rotatable bonds is 2. The fourth-order valence-electron chi connectivity index (χ4n) is 0.532. The van der Waals surface area contributed by atoms with Crippen molar-refractivity contribution in [3.63, 3.8) is 0 Å². The lowest BCUT2D eigenvalue weighted by Crippen LogP contribution is -1.95. The second-order valence-electron chi connectivity index (χ2n) is 1.62. The molecule has 0 saturated carbocycles. The summed E-state index contributed by atoms with van der Waals surface area (Å²) in [6, 6.07) is 1.57. The first-order valence-corrected chi connectivity index (χ1v) is 2.42. The van der Waals surface area contributed by atoms with Crippen LogP contribution in [-0.4, -0.2) is 4.92 Å². The Morgan fingerprint density at radius 1 is 1.78 bits per heavy atom. The van der Waals surface area contributed by atoms with E-state index < -0.39 is 4.92 Å². The summed E-state index contributed by atoms with van der Waals surface area (Å²) in [5.74, 6) is 0. The highest BCUT2D eigenvalue weighted by atomic mass is 16.6. The molecule has 0 spiro atoms. The minimum Gasteiger partial charge on any atom is -0.472 e. The lowest BCUT2D eigenvalue weighted by atomic mass is 10.3. The Hall–Kier alpha value is -1.32. The number of nitro groups is 1. The predicted octanol–water partition coefficient (Wildman–Crippen LogP) is 1.06. The van der Waals surface area contributed by atoms with E-state index in [1.165, 1.54) is 12.5 Å². The van der Waals surface area contributed by atoms with Crippen molar-refractivity contribution in [2.24, 2.45) is 0 Å².